The number of methoxy groups -OCH3 is 1. The molecule has 190 valence electrons. The van der Waals surface area contributed by atoms with Crippen LogP contribution in [0.3, 0.4) is 0 Å². The Morgan fingerprint density at radius 2 is 1.84 bits per heavy atom. The molecule has 0 N–H and O–H groups in total. The van der Waals surface area contributed by atoms with Gasteiger partial charge < -0.3 is 9.64 Å². The maximum absolute atomic E-state index is 14.0. The number of amides is 1. The molecule has 1 fully saturated rings. The van der Waals surface area contributed by atoms with Crippen molar-refractivity contribution >= 4 is 26.8 Å². The Balaban J connectivity index is 1.49. The second-order valence-corrected chi connectivity index (χ2v) is 12.0. The average molecular weight is 517 g/mol. The largest absolute Gasteiger partial charge is 0.497 e. The number of sulfone groups is 1. The van der Waals surface area contributed by atoms with E-state index in [0.29, 0.717) is 47.5 Å². The van der Waals surface area contributed by atoms with Crippen LogP contribution in [0, 0.1) is 6.92 Å². The predicted molar refractivity (Wildman–Crippen MR) is 141 cm³/mol. The lowest BCUT2D eigenvalue weighted by Gasteiger charge is -2.29. The summed E-state index contributed by atoms with van der Waals surface area (Å²) in [6, 6.07) is 17.3. The molecule has 8 nitrogen and oxygen atoms in total. The van der Waals surface area contributed by atoms with E-state index in [1.54, 1.807) is 11.8 Å². The van der Waals surface area contributed by atoms with Crippen LogP contribution in [0.4, 0.5) is 0 Å². The molecule has 1 atom stereocenters. The van der Waals surface area contributed by atoms with Gasteiger partial charge in [-0.15, -0.1) is 0 Å². The number of fused-ring (bicyclic) bond motifs is 2. The first-order valence-corrected chi connectivity index (χ1v) is 14.3. The highest BCUT2D eigenvalue weighted by Gasteiger charge is 2.33. The van der Waals surface area contributed by atoms with Crippen molar-refractivity contribution in [2.75, 3.05) is 25.2 Å². The minimum atomic E-state index is -3.12. The van der Waals surface area contributed by atoms with Gasteiger partial charge in [-0.25, -0.2) is 18.1 Å². The summed E-state index contributed by atoms with van der Waals surface area (Å²) in [5.74, 6) is 0.822. The number of carbonyl (C=O) groups excluding carboxylic acids is 1. The number of aromatic nitrogens is 3. The highest BCUT2D eigenvalue weighted by molar-refractivity contribution is 7.91. The molecule has 1 saturated heterocycles. The molecule has 4 heterocycles. The summed E-state index contributed by atoms with van der Waals surface area (Å²) in [5.41, 5.74) is 5.67. The van der Waals surface area contributed by atoms with Crippen LogP contribution in [0.1, 0.15) is 39.6 Å². The third-order valence-corrected chi connectivity index (χ3v) is 9.18. The smallest absolute Gasteiger partial charge is 0.255 e. The van der Waals surface area contributed by atoms with Crippen molar-refractivity contribution < 1.29 is 17.9 Å². The maximum Gasteiger partial charge on any atom is 0.255 e. The molecule has 2 aliphatic heterocycles. The fraction of sp³-hybridized carbons (Fsp3) is 0.321. The van der Waals surface area contributed by atoms with E-state index in [1.807, 2.05) is 54.3 Å². The lowest BCUT2D eigenvalue weighted by atomic mass is 9.98. The first kappa shape index (κ1) is 23.7. The fourth-order valence-electron chi connectivity index (χ4n) is 5.45. The molecule has 9 heteroatoms. The Labute approximate surface area is 215 Å². The van der Waals surface area contributed by atoms with Crippen LogP contribution in [-0.4, -0.2) is 59.1 Å². The topological polar surface area (TPSA) is 94.4 Å². The van der Waals surface area contributed by atoms with Gasteiger partial charge in [-0.2, -0.15) is 5.10 Å². The minimum absolute atomic E-state index is 0.0316. The summed E-state index contributed by atoms with van der Waals surface area (Å²) < 4.78 is 31.5. The maximum atomic E-state index is 14.0. The lowest BCUT2D eigenvalue weighted by Crippen LogP contribution is -2.36. The Hall–Kier alpha value is -3.72. The van der Waals surface area contributed by atoms with Gasteiger partial charge in [0, 0.05) is 18.7 Å². The summed E-state index contributed by atoms with van der Waals surface area (Å²) in [6.07, 6.45) is 1.29. The first-order chi connectivity index (χ1) is 17.8. The molecular weight excluding hydrogens is 488 g/mol. The van der Waals surface area contributed by atoms with Crippen LogP contribution >= 0.6 is 0 Å². The number of aryl methyl sites for hydroxylation is 1. The van der Waals surface area contributed by atoms with Crippen LogP contribution in [-0.2, 0) is 22.8 Å². The van der Waals surface area contributed by atoms with Gasteiger partial charge >= 0.3 is 0 Å². The number of nitrogens with zero attached hydrogens (tertiary/aromatic N) is 4. The molecule has 2 aromatic carbocycles. The predicted octanol–water partition coefficient (Wildman–Crippen LogP) is 3.97. The number of benzene rings is 2. The quantitative estimate of drug-likeness (QED) is 0.407. The highest BCUT2D eigenvalue weighted by Crippen LogP contribution is 2.33. The van der Waals surface area contributed by atoms with Crippen molar-refractivity contribution in [3.63, 3.8) is 0 Å². The molecule has 6 rings (SSSR count). The molecule has 2 aliphatic rings. The van der Waals surface area contributed by atoms with Gasteiger partial charge in [0.15, 0.2) is 15.5 Å². The minimum Gasteiger partial charge on any atom is -0.497 e. The highest BCUT2D eigenvalue weighted by atomic mass is 32.2. The SMILES string of the molecule is COc1ccc(-c2cc(C(=O)N3CCc4ccccc4C3)c3c(C)nn(C4CCS(=O)(=O)C4)c3n2)cc1. The van der Waals surface area contributed by atoms with Gasteiger partial charge in [0.05, 0.1) is 47.0 Å². The molecule has 1 amide bonds. The second-order valence-electron chi connectivity index (χ2n) is 9.81. The number of ether oxygens (including phenoxy) is 1. The molecule has 0 spiro atoms. The summed E-state index contributed by atoms with van der Waals surface area (Å²) in [4.78, 5) is 20.9. The van der Waals surface area contributed by atoms with E-state index in [1.165, 1.54) is 5.56 Å². The van der Waals surface area contributed by atoms with E-state index < -0.39 is 9.84 Å². The van der Waals surface area contributed by atoms with E-state index in [0.717, 1.165) is 23.3 Å². The number of rotatable bonds is 4. The van der Waals surface area contributed by atoms with Gasteiger partial charge in [0.25, 0.3) is 5.91 Å². The van der Waals surface area contributed by atoms with E-state index in [-0.39, 0.29) is 23.5 Å². The van der Waals surface area contributed by atoms with Gasteiger partial charge in [-0.1, -0.05) is 24.3 Å². The molecule has 0 saturated carbocycles. The Bertz CT molecular complexity index is 1630. The number of hydrogen-bond donors (Lipinski definition) is 0. The molecule has 4 aromatic rings. The van der Waals surface area contributed by atoms with E-state index in [4.69, 9.17) is 14.8 Å². The van der Waals surface area contributed by atoms with Gasteiger partial charge in [-0.05, 0) is 61.2 Å². The molecule has 2 aromatic heterocycles. The van der Waals surface area contributed by atoms with Crippen molar-refractivity contribution in [2.45, 2.75) is 32.4 Å². The molecular formula is C28H28N4O4S. The molecule has 0 radical (unpaired) electrons. The van der Waals surface area contributed by atoms with Gasteiger partial charge in [0.2, 0.25) is 0 Å². The monoisotopic (exact) mass is 516 g/mol. The van der Waals surface area contributed by atoms with Gasteiger partial charge in [-0.3, -0.25) is 4.79 Å². The number of hydrogen-bond acceptors (Lipinski definition) is 6. The summed E-state index contributed by atoms with van der Waals surface area (Å²) >= 11 is 0. The van der Waals surface area contributed by atoms with Crippen LogP contribution in [0.15, 0.2) is 54.6 Å². The fourth-order valence-corrected chi connectivity index (χ4v) is 7.15. The van der Waals surface area contributed by atoms with Gasteiger partial charge in [0.1, 0.15) is 5.75 Å². The van der Waals surface area contributed by atoms with Crippen LogP contribution in [0.5, 0.6) is 5.75 Å². The summed E-state index contributed by atoms with van der Waals surface area (Å²) in [7, 11) is -1.51. The van der Waals surface area contributed by atoms with Crippen molar-refractivity contribution in [3.05, 3.63) is 77.0 Å². The lowest BCUT2D eigenvalue weighted by molar-refractivity contribution is 0.0736. The first-order valence-electron chi connectivity index (χ1n) is 12.4. The van der Waals surface area contributed by atoms with Crippen molar-refractivity contribution in [2.24, 2.45) is 0 Å². The van der Waals surface area contributed by atoms with Crippen LogP contribution in [0.2, 0.25) is 0 Å². The van der Waals surface area contributed by atoms with E-state index >= 15 is 0 Å². The molecule has 37 heavy (non-hydrogen) atoms. The zero-order chi connectivity index (χ0) is 25.7. The Kier molecular flexibility index (Phi) is 5.75. The van der Waals surface area contributed by atoms with Crippen molar-refractivity contribution in [3.8, 4) is 17.0 Å². The van der Waals surface area contributed by atoms with E-state index in [2.05, 4.69) is 12.1 Å². The Morgan fingerprint density at radius 1 is 1.08 bits per heavy atom. The summed E-state index contributed by atoms with van der Waals surface area (Å²) in [5, 5.41) is 5.41. The van der Waals surface area contributed by atoms with Crippen LogP contribution in [0.25, 0.3) is 22.3 Å². The van der Waals surface area contributed by atoms with E-state index in [9.17, 15) is 13.2 Å². The Morgan fingerprint density at radius 3 is 2.54 bits per heavy atom. The summed E-state index contributed by atoms with van der Waals surface area (Å²) in [6.45, 7) is 3.04. The molecule has 1 unspecified atom stereocenters. The normalized spacial score (nSPS) is 18.6. The second kappa shape index (κ2) is 8.99. The third-order valence-electron chi connectivity index (χ3n) is 7.43. The van der Waals surface area contributed by atoms with Crippen molar-refractivity contribution in [1.29, 1.82) is 0 Å². The third kappa shape index (κ3) is 4.27. The van der Waals surface area contributed by atoms with Crippen LogP contribution < -0.4 is 4.74 Å². The number of pyridine rings is 1. The standard InChI is InChI=1S/C28H28N4O4S/c1-18-26-24(28(33)31-13-11-19-5-3-4-6-21(19)16-31)15-25(20-7-9-23(36-2)10-8-20)29-27(26)32(30-18)22-12-14-37(34,35)17-22/h3-10,15,22H,11-14,16-17H2,1-2H3. The average Bonchev–Trinajstić information content (AvgIpc) is 3.45. The molecule has 0 aliphatic carbocycles. The van der Waals surface area contributed by atoms with Crippen molar-refractivity contribution in [1.82, 2.24) is 19.7 Å². The number of carbonyl (C=O) groups is 1. The zero-order valence-corrected chi connectivity index (χ0v) is 21.7. The zero-order valence-electron chi connectivity index (χ0n) is 20.8. The molecule has 0 bridgehead atoms.